The van der Waals surface area contributed by atoms with Crippen LogP contribution in [0.5, 0.6) is 0 Å². The molecule has 19 heavy (non-hydrogen) atoms. The molecule has 1 aliphatic rings. The zero-order valence-electron chi connectivity index (χ0n) is 12.4. The molecule has 0 aliphatic carbocycles. The number of nitrogens with one attached hydrogen (secondary N) is 1. The Labute approximate surface area is 116 Å². The van der Waals surface area contributed by atoms with Crippen molar-refractivity contribution in [3.05, 3.63) is 17.5 Å². The summed E-state index contributed by atoms with van der Waals surface area (Å²) in [4.78, 5) is 11.5. The summed E-state index contributed by atoms with van der Waals surface area (Å²) in [6, 6.07) is 0. The van der Waals surface area contributed by atoms with Crippen LogP contribution in [0.25, 0.3) is 0 Å². The number of hydrogen-bond acceptors (Lipinski definition) is 4. The second-order valence-electron chi connectivity index (χ2n) is 5.63. The SMILES string of the molecule is CCCNCc1cnc(N2CCC(C)CC2)nc1C. The Hall–Kier alpha value is -1.16. The lowest BCUT2D eigenvalue weighted by atomic mass is 10.00. The molecule has 1 aromatic rings. The predicted octanol–water partition coefficient (Wildman–Crippen LogP) is 2.52. The van der Waals surface area contributed by atoms with Crippen molar-refractivity contribution in [3.8, 4) is 0 Å². The molecule has 1 N–H and O–H groups in total. The van der Waals surface area contributed by atoms with E-state index in [1.807, 2.05) is 6.20 Å². The molecule has 1 fully saturated rings. The molecule has 0 saturated carbocycles. The molecule has 0 aromatic carbocycles. The Bertz CT molecular complexity index is 397. The summed E-state index contributed by atoms with van der Waals surface area (Å²) >= 11 is 0. The third-order valence-corrected chi connectivity index (χ3v) is 3.88. The van der Waals surface area contributed by atoms with Gasteiger partial charge in [-0.25, -0.2) is 9.97 Å². The molecule has 1 aliphatic heterocycles. The number of nitrogens with zero attached hydrogens (tertiary/aromatic N) is 3. The van der Waals surface area contributed by atoms with E-state index in [1.54, 1.807) is 0 Å². The number of hydrogen-bond donors (Lipinski definition) is 1. The minimum absolute atomic E-state index is 0.842. The summed E-state index contributed by atoms with van der Waals surface area (Å²) in [5.41, 5.74) is 2.31. The number of aromatic nitrogens is 2. The van der Waals surface area contributed by atoms with Crippen LogP contribution in [0.4, 0.5) is 5.95 Å². The summed E-state index contributed by atoms with van der Waals surface area (Å²) in [5, 5.41) is 3.40. The van der Waals surface area contributed by atoms with Crippen molar-refractivity contribution < 1.29 is 0 Å². The van der Waals surface area contributed by atoms with E-state index >= 15 is 0 Å². The van der Waals surface area contributed by atoms with Crippen LogP contribution in [0.3, 0.4) is 0 Å². The van der Waals surface area contributed by atoms with Gasteiger partial charge in [0, 0.05) is 37.1 Å². The molecular formula is C15H26N4. The van der Waals surface area contributed by atoms with E-state index in [0.717, 1.165) is 50.2 Å². The number of piperidine rings is 1. The Morgan fingerprint density at radius 3 is 2.74 bits per heavy atom. The molecule has 0 amide bonds. The summed E-state index contributed by atoms with van der Waals surface area (Å²) in [5.74, 6) is 1.75. The molecule has 0 atom stereocenters. The predicted molar refractivity (Wildman–Crippen MR) is 79.4 cm³/mol. The third kappa shape index (κ3) is 3.90. The van der Waals surface area contributed by atoms with Gasteiger partial charge in [0.05, 0.1) is 0 Å². The Morgan fingerprint density at radius 2 is 2.11 bits per heavy atom. The maximum absolute atomic E-state index is 4.68. The fourth-order valence-corrected chi connectivity index (χ4v) is 2.41. The molecule has 4 heteroatoms. The highest BCUT2D eigenvalue weighted by Crippen LogP contribution is 2.20. The summed E-state index contributed by atoms with van der Waals surface area (Å²) in [6.07, 6.45) is 5.65. The minimum atomic E-state index is 0.842. The average Bonchev–Trinajstić information content (AvgIpc) is 2.42. The van der Waals surface area contributed by atoms with Crippen molar-refractivity contribution >= 4 is 5.95 Å². The van der Waals surface area contributed by atoms with Gasteiger partial charge in [-0.3, -0.25) is 0 Å². The first kappa shape index (κ1) is 14.3. The normalized spacial score (nSPS) is 16.9. The van der Waals surface area contributed by atoms with Crippen molar-refractivity contribution in [2.24, 2.45) is 5.92 Å². The fourth-order valence-electron chi connectivity index (χ4n) is 2.41. The lowest BCUT2D eigenvalue weighted by Gasteiger charge is -2.30. The first-order valence-corrected chi connectivity index (χ1v) is 7.49. The zero-order chi connectivity index (χ0) is 13.7. The van der Waals surface area contributed by atoms with Crippen LogP contribution in [0.2, 0.25) is 0 Å². The van der Waals surface area contributed by atoms with Crippen molar-refractivity contribution in [1.29, 1.82) is 0 Å². The Balaban J connectivity index is 1.98. The number of rotatable bonds is 5. The van der Waals surface area contributed by atoms with Gasteiger partial charge >= 0.3 is 0 Å². The Morgan fingerprint density at radius 1 is 1.37 bits per heavy atom. The minimum Gasteiger partial charge on any atom is -0.341 e. The van der Waals surface area contributed by atoms with Gasteiger partial charge in [-0.2, -0.15) is 0 Å². The van der Waals surface area contributed by atoms with E-state index in [0.29, 0.717) is 0 Å². The molecular weight excluding hydrogens is 236 g/mol. The number of aryl methyl sites for hydroxylation is 1. The van der Waals surface area contributed by atoms with Gasteiger partial charge in [-0.05, 0) is 38.6 Å². The van der Waals surface area contributed by atoms with E-state index in [4.69, 9.17) is 0 Å². The Kier molecular flexibility index (Phi) is 5.14. The lowest BCUT2D eigenvalue weighted by molar-refractivity contribution is 0.434. The lowest BCUT2D eigenvalue weighted by Crippen LogP contribution is -2.34. The van der Waals surface area contributed by atoms with Gasteiger partial charge in [0.2, 0.25) is 5.95 Å². The second kappa shape index (κ2) is 6.85. The van der Waals surface area contributed by atoms with Gasteiger partial charge in [0.15, 0.2) is 0 Å². The van der Waals surface area contributed by atoms with Gasteiger partial charge in [-0.15, -0.1) is 0 Å². The fraction of sp³-hybridized carbons (Fsp3) is 0.733. The summed E-state index contributed by atoms with van der Waals surface area (Å²) in [6.45, 7) is 10.7. The third-order valence-electron chi connectivity index (χ3n) is 3.88. The smallest absolute Gasteiger partial charge is 0.225 e. The molecule has 2 heterocycles. The van der Waals surface area contributed by atoms with Crippen molar-refractivity contribution in [1.82, 2.24) is 15.3 Å². The molecule has 4 nitrogen and oxygen atoms in total. The van der Waals surface area contributed by atoms with Crippen molar-refractivity contribution in [2.75, 3.05) is 24.5 Å². The van der Waals surface area contributed by atoms with Crippen LogP contribution in [0, 0.1) is 12.8 Å². The van der Waals surface area contributed by atoms with Crippen LogP contribution in [0.15, 0.2) is 6.20 Å². The molecule has 0 spiro atoms. The van der Waals surface area contributed by atoms with Crippen molar-refractivity contribution in [3.63, 3.8) is 0 Å². The molecule has 0 unspecified atom stereocenters. The van der Waals surface area contributed by atoms with E-state index in [1.165, 1.54) is 18.4 Å². The first-order chi connectivity index (χ1) is 9.20. The maximum atomic E-state index is 4.68. The molecule has 1 aromatic heterocycles. The zero-order valence-corrected chi connectivity index (χ0v) is 12.4. The maximum Gasteiger partial charge on any atom is 0.225 e. The van der Waals surface area contributed by atoms with E-state index in [-0.39, 0.29) is 0 Å². The van der Waals surface area contributed by atoms with Crippen LogP contribution in [0.1, 0.15) is 44.4 Å². The van der Waals surface area contributed by atoms with Crippen LogP contribution in [-0.2, 0) is 6.54 Å². The van der Waals surface area contributed by atoms with Crippen LogP contribution >= 0.6 is 0 Å². The van der Waals surface area contributed by atoms with Crippen LogP contribution < -0.4 is 10.2 Å². The topological polar surface area (TPSA) is 41.1 Å². The average molecular weight is 262 g/mol. The quantitative estimate of drug-likeness (QED) is 0.828. The van der Waals surface area contributed by atoms with E-state index in [9.17, 15) is 0 Å². The largest absolute Gasteiger partial charge is 0.341 e. The van der Waals surface area contributed by atoms with Gasteiger partial charge in [0.25, 0.3) is 0 Å². The highest BCUT2D eigenvalue weighted by molar-refractivity contribution is 5.33. The molecule has 0 bridgehead atoms. The van der Waals surface area contributed by atoms with E-state index < -0.39 is 0 Å². The molecule has 2 rings (SSSR count). The molecule has 0 radical (unpaired) electrons. The highest BCUT2D eigenvalue weighted by Gasteiger charge is 2.18. The first-order valence-electron chi connectivity index (χ1n) is 7.49. The number of anilines is 1. The summed E-state index contributed by atoms with van der Waals surface area (Å²) < 4.78 is 0. The van der Waals surface area contributed by atoms with Gasteiger partial charge in [0.1, 0.15) is 0 Å². The summed E-state index contributed by atoms with van der Waals surface area (Å²) in [7, 11) is 0. The molecule has 1 saturated heterocycles. The van der Waals surface area contributed by atoms with Gasteiger partial charge in [-0.1, -0.05) is 13.8 Å². The highest BCUT2D eigenvalue weighted by atomic mass is 15.2. The van der Waals surface area contributed by atoms with Gasteiger partial charge < -0.3 is 10.2 Å². The van der Waals surface area contributed by atoms with E-state index in [2.05, 4.69) is 41.0 Å². The van der Waals surface area contributed by atoms with Crippen LogP contribution in [-0.4, -0.2) is 29.6 Å². The monoisotopic (exact) mass is 262 g/mol. The molecule has 106 valence electrons. The standard InChI is InChI=1S/C15H26N4/c1-4-7-16-10-14-11-17-15(18-13(14)3)19-8-5-12(2)6-9-19/h11-12,16H,4-10H2,1-3H3. The second-order valence-corrected chi connectivity index (χ2v) is 5.63. The van der Waals surface area contributed by atoms with Crippen molar-refractivity contribution in [2.45, 2.75) is 46.6 Å².